The Bertz CT molecular complexity index is 1090. The predicted octanol–water partition coefficient (Wildman–Crippen LogP) is 1.85. The number of pyridine rings is 1. The van der Waals surface area contributed by atoms with E-state index < -0.39 is 36.0 Å². The highest BCUT2D eigenvalue weighted by molar-refractivity contribution is 5.82. The maximum absolute atomic E-state index is 13.1. The molecule has 1 aliphatic carbocycles. The van der Waals surface area contributed by atoms with Crippen molar-refractivity contribution in [3.63, 3.8) is 0 Å². The van der Waals surface area contributed by atoms with Crippen molar-refractivity contribution in [1.82, 2.24) is 36.0 Å². The second kappa shape index (κ2) is 8.57. The third kappa shape index (κ3) is 3.89. The highest BCUT2D eigenvalue weighted by Crippen LogP contribution is 2.44. The van der Waals surface area contributed by atoms with Gasteiger partial charge in [0.25, 0.3) is 0 Å². The van der Waals surface area contributed by atoms with Gasteiger partial charge in [-0.05, 0) is 37.5 Å². The quantitative estimate of drug-likeness (QED) is 0.617. The largest absolute Gasteiger partial charge is 0.433 e. The lowest BCUT2D eigenvalue weighted by Crippen LogP contribution is -2.68. The molecule has 2 aliphatic heterocycles. The number of alkyl halides is 3. The zero-order chi connectivity index (χ0) is 24.0. The third-order valence-corrected chi connectivity index (χ3v) is 7.03. The molecule has 4 unspecified atom stereocenters. The van der Waals surface area contributed by atoms with Crippen LogP contribution in [0.2, 0.25) is 0 Å². The summed E-state index contributed by atoms with van der Waals surface area (Å²) < 4.78 is 38.7. The highest BCUT2D eigenvalue weighted by atomic mass is 19.4. The molecule has 2 aromatic rings. The molecule has 0 radical (unpaired) electrons. The average molecular weight is 472 g/mol. The van der Waals surface area contributed by atoms with Crippen molar-refractivity contribution in [3.05, 3.63) is 53.9 Å². The molecule has 34 heavy (non-hydrogen) atoms. The van der Waals surface area contributed by atoms with Gasteiger partial charge in [0.2, 0.25) is 5.91 Å². The van der Waals surface area contributed by atoms with Crippen molar-refractivity contribution in [2.24, 2.45) is 11.8 Å². The van der Waals surface area contributed by atoms with Crippen molar-refractivity contribution in [2.45, 2.75) is 56.3 Å². The van der Waals surface area contributed by atoms with Crippen LogP contribution in [0.1, 0.15) is 48.8 Å². The van der Waals surface area contributed by atoms with Crippen molar-refractivity contribution in [3.8, 4) is 6.07 Å². The molecule has 5 rings (SSSR count). The van der Waals surface area contributed by atoms with Crippen molar-refractivity contribution >= 4 is 5.91 Å². The van der Waals surface area contributed by atoms with Crippen LogP contribution in [0, 0.1) is 23.2 Å². The normalized spacial score (nSPS) is 32.3. The van der Waals surface area contributed by atoms with Crippen LogP contribution in [0.15, 0.2) is 36.8 Å². The summed E-state index contributed by atoms with van der Waals surface area (Å²) in [7, 11) is 0. The number of carbonyl (C=O) groups is 1. The fraction of sp³-hybridized carbons (Fsp3) is 0.500. The topological polar surface area (TPSA) is 119 Å². The van der Waals surface area contributed by atoms with Crippen LogP contribution in [0.3, 0.4) is 0 Å². The van der Waals surface area contributed by atoms with Crippen LogP contribution in [-0.4, -0.2) is 44.2 Å². The smallest absolute Gasteiger partial charge is 0.340 e. The highest BCUT2D eigenvalue weighted by Gasteiger charge is 2.54. The van der Waals surface area contributed by atoms with Crippen molar-refractivity contribution in [1.29, 1.82) is 5.26 Å². The van der Waals surface area contributed by atoms with E-state index in [1.165, 1.54) is 12.3 Å². The van der Waals surface area contributed by atoms with E-state index in [2.05, 4.69) is 37.1 Å². The predicted molar refractivity (Wildman–Crippen MR) is 112 cm³/mol. The van der Waals surface area contributed by atoms with Crippen LogP contribution >= 0.6 is 0 Å². The molecule has 0 aromatic carbocycles. The first-order valence-electron chi connectivity index (χ1n) is 11.1. The van der Waals surface area contributed by atoms with Crippen LogP contribution in [0.5, 0.6) is 0 Å². The lowest BCUT2D eigenvalue weighted by Gasteiger charge is -2.47. The summed E-state index contributed by atoms with van der Waals surface area (Å²) in [5.74, 6) is -0.0114. The Morgan fingerprint density at radius 1 is 1.21 bits per heavy atom. The van der Waals surface area contributed by atoms with E-state index in [9.17, 15) is 23.2 Å². The van der Waals surface area contributed by atoms with Gasteiger partial charge in [-0.25, -0.2) is 20.4 Å². The summed E-state index contributed by atoms with van der Waals surface area (Å²) in [6.07, 6.45) is 0.955. The summed E-state index contributed by atoms with van der Waals surface area (Å²) in [5.41, 5.74) is 2.63. The molecule has 1 saturated carbocycles. The second-order valence-corrected chi connectivity index (χ2v) is 8.87. The first kappa shape index (κ1) is 22.6. The molecule has 3 fully saturated rings. The number of hydrazine groups is 1. The van der Waals surface area contributed by atoms with Gasteiger partial charge >= 0.3 is 6.18 Å². The van der Waals surface area contributed by atoms with E-state index in [0.717, 1.165) is 24.7 Å². The van der Waals surface area contributed by atoms with Gasteiger partial charge in [0.1, 0.15) is 17.6 Å². The molecule has 0 bridgehead atoms. The van der Waals surface area contributed by atoms with E-state index in [0.29, 0.717) is 5.56 Å². The SMILES string of the molecule is C[C@H](c1ccc(C(F)(F)F)nc1)N1NC(C#N)C2C(=O)NC([C@H]3CC[C@@H]3c3ncccn3)NC21. The maximum Gasteiger partial charge on any atom is 0.433 e. The molecule has 178 valence electrons. The minimum absolute atomic E-state index is 0.0818. The number of hydrogen-bond acceptors (Lipinski definition) is 8. The Morgan fingerprint density at radius 2 is 1.97 bits per heavy atom. The third-order valence-electron chi connectivity index (χ3n) is 7.03. The minimum Gasteiger partial charge on any atom is -0.340 e. The lowest BCUT2D eigenvalue weighted by molar-refractivity contribution is -0.141. The summed E-state index contributed by atoms with van der Waals surface area (Å²) in [5, 5.41) is 17.9. The number of carbonyl (C=O) groups excluding carboxylic acids is 1. The standard InChI is InChI=1S/C22H23F3N8O/c1-11(12-3-6-16(29-10-12)22(23,24)25)33-20-17(15(9-26)32-33)21(34)31-19(30-20)14-5-4-13(14)18-27-7-2-8-28-18/h2-3,6-8,10-11,13-15,17,19-20,30,32H,4-5H2,1H3,(H,31,34)/t11-,13+,14+,15?,17?,19?,20?/m1/s1. The number of halogens is 3. The van der Waals surface area contributed by atoms with E-state index >= 15 is 0 Å². The van der Waals surface area contributed by atoms with Crippen LogP contribution < -0.4 is 16.1 Å². The van der Waals surface area contributed by atoms with E-state index in [-0.39, 0.29) is 23.9 Å². The number of amides is 1. The first-order valence-corrected chi connectivity index (χ1v) is 11.1. The molecule has 0 spiro atoms. The minimum atomic E-state index is -4.53. The Labute approximate surface area is 193 Å². The monoisotopic (exact) mass is 472 g/mol. The molecule has 4 heterocycles. The van der Waals surface area contributed by atoms with Gasteiger partial charge in [-0.15, -0.1) is 0 Å². The lowest BCUT2D eigenvalue weighted by atomic mass is 9.70. The molecule has 2 saturated heterocycles. The fourth-order valence-corrected chi connectivity index (χ4v) is 5.05. The molecule has 3 aliphatic rings. The number of fused-ring (bicyclic) bond motifs is 1. The molecule has 9 nitrogen and oxygen atoms in total. The first-order chi connectivity index (χ1) is 16.3. The molecule has 1 amide bonds. The molecule has 12 heteroatoms. The van der Waals surface area contributed by atoms with Crippen LogP contribution in [0.4, 0.5) is 13.2 Å². The second-order valence-electron chi connectivity index (χ2n) is 8.87. The molecule has 2 aromatic heterocycles. The number of nitrogens with one attached hydrogen (secondary N) is 3. The Balaban J connectivity index is 1.37. The van der Waals surface area contributed by atoms with Gasteiger partial charge in [-0.3, -0.25) is 15.1 Å². The Kier molecular flexibility index (Phi) is 5.71. The van der Waals surface area contributed by atoms with Crippen molar-refractivity contribution in [2.75, 3.05) is 0 Å². The van der Waals surface area contributed by atoms with Gasteiger partial charge < -0.3 is 5.32 Å². The molecule has 7 atom stereocenters. The number of aromatic nitrogens is 3. The summed E-state index contributed by atoms with van der Waals surface area (Å²) in [6, 6.07) is 4.95. The summed E-state index contributed by atoms with van der Waals surface area (Å²) in [4.78, 5) is 25.3. The molecule has 3 N–H and O–H groups in total. The summed E-state index contributed by atoms with van der Waals surface area (Å²) >= 11 is 0. The summed E-state index contributed by atoms with van der Waals surface area (Å²) in [6.45, 7) is 1.79. The Morgan fingerprint density at radius 3 is 2.56 bits per heavy atom. The molecular weight excluding hydrogens is 449 g/mol. The number of rotatable bonds is 4. The van der Waals surface area contributed by atoms with E-state index in [1.54, 1.807) is 30.4 Å². The number of hydrogen-bond donors (Lipinski definition) is 3. The maximum atomic E-state index is 13.1. The van der Waals surface area contributed by atoms with Crippen LogP contribution in [-0.2, 0) is 11.0 Å². The Hall–Kier alpha value is -3.14. The van der Waals surface area contributed by atoms with Crippen molar-refractivity contribution < 1.29 is 18.0 Å². The van der Waals surface area contributed by atoms with E-state index in [4.69, 9.17) is 0 Å². The van der Waals surface area contributed by atoms with Gasteiger partial charge in [-0.2, -0.15) is 18.4 Å². The van der Waals surface area contributed by atoms with Gasteiger partial charge in [0, 0.05) is 36.5 Å². The van der Waals surface area contributed by atoms with Gasteiger partial charge in [-0.1, -0.05) is 6.07 Å². The zero-order valence-corrected chi connectivity index (χ0v) is 18.2. The molecular formula is C22H23F3N8O. The van der Waals surface area contributed by atoms with Crippen LogP contribution in [0.25, 0.3) is 0 Å². The number of nitriles is 1. The zero-order valence-electron chi connectivity index (χ0n) is 18.2. The van der Waals surface area contributed by atoms with Gasteiger partial charge in [0.05, 0.1) is 24.3 Å². The fourth-order valence-electron chi connectivity index (χ4n) is 5.05. The average Bonchev–Trinajstić information content (AvgIpc) is 3.17. The number of nitrogens with zero attached hydrogens (tertiary/aromatic N) is 5. The van der Waals surface area contributed by atoms with E-state index in [1.807, 2.05) is 0 Å². The van der Waals surface area contributed by atoms with Gasteiger partial charge in [0.15, 0.2) is 0 Å².